The molecule has 3 aromatic rings. The molecule has 2 heterocycles. The molecule has 382 valence electrons. The van der Waals surface area contributed by atoms with Crippen molar-refractivity contribution in [2.75, 3.05) is 85.3 Å². The second kappa shape index (κ2) is 26.9. The van der Waals surface area contributed by atoms with Crippen LogP contribution in [0.25, 0.3) is 21.3 Å². The third-order valence-corrected chi connectivity index (χ3v) is 10.4. The third-order valence-electron chi connectivity index (χ3n) is 10.4. The fraction of sp³-hybridized carbons (Fsp3) is 0.463. The van der Waals surface area contributed by atoms with Gasteiger partial charge in [0.2, 0.25) is 24.0 Å². The first-order chi connectivity index (χ1) is 33.8. The molecular formula is C41H51N13O17. The maximum absolute atomic E-state index is 13.2. The number of benzene rings is 2. The Morgan fingerprint density at radius 2 is 1.38 bits per heavy atom. The van der Waals surface area contributed by atoms with Crippen LogP contribution in [0.2, 0.25) is 0 Å². The summed E-state index contributed by atoms with van der Waals surface area (Å²) in [7, 11) is 0. The number of aliphatic carboxylic acids is 4. The van der Waals surface area contributed by atoms with Gasteiger partial charge in [-0.2, -0.15) is 5.10 Å². The Kier molecular flexibility index (Phi) is 20.9. The molecule has 1 aliphatic rings. The number of aromatic nitrogens is 2. The highest BCUT2D eigenvalue weighted by Crippen LogP contribution is 2.35. The minimum atomic E-state index is -1.45. The van der Waals surface area contributed by atoms with Crippen molar-refractivity contribution in [3.05, 3.63) is 72.4 Å². The second-order valence-electron chi connectivity index (χ2n) is 15.6. The van der Waals surface area contributed by atoms with E-state index in [9.17, 15) is 73.7 Å². The van der Waals surface area contributed by atoms with Crippen LogP contribution in [0.4, 0.5) is 11.4 Å². The highest BCUT2D eigenvalue weighted by atomic mass is 16.7. The maximum Gasteiger partial charge on any atom is 0.326 e. The number of amides is 4. The molecule has 0 radical (unpaired) electrons. The maximum atomic E-state index is 13.2. The molecule has 0 fully saturated rings. The van der Waals surface area contributed by atoms with E-state index in [1.165, 1.54) is 20.5 Å². The van der Waals surface area contributed by atoms with Crippen LogP contribution in [0, 0.1) is 10.1 Å². The lowest BCUT2D eigenvalue weighted by atomic mass is 10.1. The van der Waals surface area contributed by atoms with Gasteiger partial charge < -0.3 is 51.2 Å². The van der Waals surface area contributed by atoms with Gasteiger partial charge in [-0.25, -0.2) is 4.79 Å². The van der Waals surface area contributed by atoms with Crippen LogP contribution < -0.4 is 36.2 Å². The van der Waals surface area contributed by atoms with Gasteiger partial charge in [-0.1, -0.05) is 5.11 Å². The Hall–Kier alpha value is -8.47. The Balaban J connectivity index is 1.25. The van der Waals surface area contributed by atoms with Crippen LogP contribution in [0.3, 0.4) is 0 Å². The first kappa shape index (κ1) is 55.1. The number of fused-ring (bicyclic) bond motifs is 2. The molecule has 0 saturated heterocycles. The summed E-state index contributed by atoms with van der Waals surface area (Å²) < 4.78 is 12.2. The molecule has 8 N–H and O–H groups in total. The number of hydrogen-bond donors (Lipinski definition) is 8. The lowest BCUT2D eigenvalue weighted by molar-refractivity contribution is -0.385. The number of ether oxygens (including phenoxy) is 2. The number of carboxylic acid groups (broad SMARTS) is 4. The van der Waals surface area contributed by atoms with Gasteiger partial charge in [-0.15, -0.1) is 0 Å². The Morgan fingerprint density at radius 1 is 0.803 bits per heavy atom. The fourth-order valence-corrected chi connectivity index (χ4v) is 7.07. The van der Waals surface area contributed by atoms with Crippen LogP contribution in [-0.4, -0.2) is 189 Å². The van der Waals surface area contributed by atoms with E-state index in [2.05, 4.69) is 36.4 Å². The SMILES string of the molecule is CCn1nc(C(=O)NCCNC(=O)CN(CCN(CCN(CC(=O)O)CC(=O)N[C@@H](CCCCNC(=O)c2cc(N=[N+]=[N-])ccc2[N+](=O)[O-])C(=O)O)CC(=O)O)CC(=O)O)c(=O)c2cc3c(cc21)OCO3. The number of nitro benzene ring substituents is 1. The molecule has 4 amide bonds. The van der Waals surface area contributed by atoms with Gasteiger partial charge in [0.25, 0.3) is 17.5 Å². The van der Waals surface area contributed by atoms with Gasteiger partial charge in [0.05, 0.1) is 48.6 Å². The van der Waals surface area contributed by atoms with Crippen LogP contribution in [0.5, 0.6) is 11.5 Å². The fourth-order valence-electron chi connectivity index (χ4n) is 7.07. The molecule has 0 aliphatic carbocycles. The zero-order valence-corrected chi connectivity index (χ0v) is 38.1. The summed E-state index contributed by atoms with van der Waals surface area (Å²) in [4.78, 5) is 129. The van der Waals surface area contributed by atoms with Crippen molar-refractivity contribution < 1.29 is 73.2 Å². The van der Waals surface area contributed by atoms with Crippen molar-refractivity contribution >= 4 is 69.8 Å². The number of carbonyl (C=O) groups excluding carboxylic acids is 4. The number of azide groups is 1. The van der Waals surface area contributed by atoms with Gasteiger partial charge in [-0.3, -0.25) is 67.9 Å². The minimum absolute atomic E-state index is 0.0302. The zero-order chi connectivity index (χ0) is 52.2. The minimum Gasteiger partial charge on any atom is -0.480 e. The van der Waals surface area contributed by atoms with E-state index in [1.807, 2.05) is 0 Å². The van der Waals surface area contributed by atoms with Crippen molar-refractivity contribution in [3.8, 4) is 11.5 Å². The molecule has 0 bridgehead atoms. The second-order valence-corrected chi connectivity index (χ2v) is 15.6. The van der Waals surface area contributed by atoms with Crippen molar-refractivity contribution in [1.82, 2.24) is 45.7 Å². The van der Waals surface area contributed by atoms with Gasteiger partial charge in [0.1, 0.15) is 11.6 Å². The highest BCUT2D eigenvalue weighted by Gasteiger charge is 2.26. The monoisotopic (exact) mass is 997 g/mol. The standard InChI is InChI=1S/C41H51N13O17/c1-2-53-29-17-31-30(70-23-71-31)16-25(29)38(63)37(48-53)40(65)45-10-9-43-32(55)18-51(21-35(59)60)13-11-50(20-34(57)58)12-14-52(22-36(61)62)19-33(56)46-27(41(66)67)5-3-4-8-44-39(64)26-15-24(47-49-42)6-7-28(26)54(68)69/h6-7,15-17,27H,2-5,8-14,18-23H2,1H3,(H,43,55)(H,44,64)(H,45,65)(H,46,56)(H,57,58)(H,59,60)(H,61,62)(H,66,67)/t27-/m0/s1. The van der Waals surface area contributed by atoms with E-state index in [-0.39, 0.29) is 88.5 Å². The van der Waals surface area contributed by atoms with Gasteiger partial charge in [0.15, 0.2) is 17.2 Å². The number of aryl methyl sites for hydroxylation is 1. The lowest BCUT2D eigenvalue weighted by Gasteiger charge is -2.28. The summed E-state index contributed by atoms with van der Waals surface area (Å²) in [5.41, 5.74) is 7.07. The molecule has 0 spiro atoms. The van der Waals surface area contributed by atoms with Crippen molar-refractivity contribution in [2.24, 2.45) is 5.11 Å². The average molecular weight is 998 g/mol. The van der Waals surface area contributed by atoms with E-state index in [0.717, 1.165) is 23.1 Å². The van der Waals surface area contributed by atoms with E-state index in [0.29, 0.717) is 23.6 Å². The molecule has 1 atom stereocenters. The third kappa shape index (κ3) is 17.2. The van der Waals surface area contributed by atoms with Crippen LogP contribution in [0.15, 0.2) is 40.2 Å². The van der Waals surface area contributed by atoms with Gasteiger partial charge in [-0.05, 0) is 49.9 Å². The number of rotatable bonds is 31. The predicted octanol–water partition coefficient (Wildman–Crippen LogP) is -0.829. The van der Waals surface area contributed by atoms with Gasteiger partial charge in [0, 0.05) is 75.1 Å². The lowest BCUT2D eigenvalue weighted by Crippen LogP contribution is -2.49. The van der Waals surface area contributed by atoms with Crippen molar-refractivity contribution in [3.63, 3.8) is 0 Å². The zero-order valence-electron chi connectivity index (χ0n) is 38.1. The number of nitrogens with one attached hydrogen (secondary N) is 4. The van der Waals surface area contributed by atoms with E-state index < -0.39 is 108 Å². The molecule has 71 heavy (non-hydrogen) atoms. The predicted molar refractivity (Wildman–Crippen MR) is 243 cm³/mol. The molecule has 0 unspecified atom stereocenters. The summed E-state index contributed by atoms with van der Waals surface area (Å²) in [6.45, 7) is -2.11. The summed E-state index contributed by atoms with van der Waals surface area (Å²) in [6.07, 6.45) is 0.153. The molecule has 1 aliphatic heterocycles. The number of nitrogens with zero attached hydrogens (tertiary/aromatic N) is 9. The number of carbonyl (C=O) groups is 8. The van der Waals surface area contributed by atoms with Crippen LogP contribution >= 0.6 is 0 Å². The molecular weight excluding hydrogens is 947 g/mol. The van der Waals surface area contributed by atoms with Gasteiger partial charge >= 0.3 is 23.9 Å². The Labute approximate surface area is 401 Å². The summed E-state index contributed by atoms with van der Waals surface area (Å²) in [5, 5.41) is 67.3. The van der Waals surface area contributed by atoms with E-state index in [1.54, 1.807) is 13.0 Å². The molecule has 2 aromatic carbocycles. The largest absolute Gasteiger partial charge is 0.480 e. The van der Waals surface area contributed by atoms with E-state index in [4.69, 9.17) is 15.0 Å². The highest BCUT2D eigenvalue weighted by molar-refractivity contribution is 5.99. The average Bonchev–Trinajstić information content (AvgIpc) is 3.77. The van der Waals surface area contributed by atoms with Crippen molar-refractivity contribution in [1.29, 1.82) is 0 Å². The number of unbranched alkanes of at least 4 members (excludes halogenated alkanes) is 1. The molecule has 1 aromatic heterocycles. The number of hydrogen-bond acceptors (Lipinski definition) is 18. The Morgan fingerprint density at radius 3 is 1.97 bits per heavy atom. The number of nitro groups is 1. The number of carboxylic acids is 4. The molecule has 0 saturated carbocycles. The van der Waals surface area contributed by atoms with E-state index >= 15 is 0 Å². The van der Waals surface area contributed by atoms with Crippen LogP contribution in [0.1, 0.15) is 47.0 Å². The summed E-state index contributed by atoms with van der Waals surface area (Å²) >= 11 is 0. The quantitative estimate of drug-likeness (QED) is 0.00974. The summed E-state index contributed by atoms with van der Waals surface area (Å²) in [6, 6.07) is 4.80. The topological polar surface area (TPSA) is 421 Å². The molecule has 30 heteroatoms. The van der Waals surface area contributed by atoms with Crippen molar-refractivity contribution in [2.45, 2.75) is 38.8 Å². The molecule has 4 rings (SSSR count). The first-order valence-corrected chi connectivity index (χ1v) is 21.7. The Bertz CT molecular complexity index is 2620. The molecule has 30 nitrogen and oxygen atoms in total. The summed E-state index contributed by atoms with van der Waals surface area (Å²) in [5.74, 6) is -7.87. The first-order valence-electron chi connectivity index (χ1n) is 21.7. The van der Waals surface area contributed by atoms with Crippen LogP contribution in [-0.2, 0) is 35.3 Å². The smallest absolute Gasteiger partial charge is 0.326 e. The normalized spacial score (nSPS) is 12.0.